The molecule has 5 nitrogen and oxygen atoms in total. The third-order valence-corrected chi connectivity index (χ3v) is 4.02. The van der Waals surface area contributed by atoms with E-state index in [4.69, 9.17) is 4.74 Å². The van der Waals surface area contributed by atoms with Gasteiger partial charge in [-0.15, -0.1) is 0 Å². The van der Waals surface area contributed by atoms with Crippen molar-refractivity contribution in [2.24, 2.45) is 5.92 Å². The Morgan fingerprint density at radius 3 is 2.53 bits per heavy atom. The first-order chi connectivity index (χ1) is 7.98. The lowest BCUT2D eigenvalue weighted by atomic mass is 9.76. The number of rotatable bonds is 3. The van der Waals surface area contributed by atoms with Crippen molar-refractivity contribution in [3.8, 4) is 0 Å². The van der Waals surface area contributed by atoms with Crippen molar-refractivity contribution in [1.82, 2.24) is 4.90 Å². The number of Topliss-reactive ketones (excluding diaryl/α,β-unsaturated/α-hetero) is 1. The van der Waals surface area contributed by atoms with E-state index in [1.165, 1.54) is 4.90 Å². The molecule has 3 atom stereocenters. The summed E-state index contributed by atoms with van der Waals surface area (Å²) in [5, 5.41) is 9.57. The Kier molecular flexibility index (Phi) is 2.99. The fourth-order valence-electron chi connectivity index (χ4n) is 2.94. The average molecular weight is 241 g/mol. The van der Waals surface area contributed by atoms with Crippen LogP contribution in [-0.2, 0) is 14.3 Å². The second kappa shape index (κ2) is 4.07. The van der Waals surface area contributed by atoms with E-state index in [2.05, 4.69) is 0 Å². The van der Waals surface area contributed by atoms with Gasteiger partial charge in [-0.05, 0) is 19.8 Å². The van der Waals surface area contributed by atoms with E-state index in [-0.39, 0.29) is 18.3 Å². The maximum atomic E-state index is 12.1. The molecule has 2 fully saturated rings. The zero-order valence-corrected chi connectivity index (χ0v) is 10.5. The quantitative estimate of drug-likeness (QED) is 0.722. The van der Waals surface area contributed by atoms with Crippen LogP contribution in [0.3, 0.4) is 0 Å². The lowest BCUT2D eigenvalue weighted by molar-refractivity contribution is -0.245. The van der Waals surface area contributed by atoms with Crippen LogP contribution in [0.25, 0.3) is 0 Å². The average Bonchev–Trinajstić information content (AvgIpc) is 2.29. The summed E-state index contributed by atoms with van der Waals surface area (Å²) in [6.07, 6.45) is 0.536. The smallest absolute Gasteiger partial charge is 0.233 e. The van der Waals surface area contributed by atoms with Crippen molar-refractivity contribution in [2.45, 2.75) is 51.5 Å². The second-order valence-corrected chi connectivity index (χ2v) is 4.83. The lowest BCUT2D eigenvalue weighted by Gasteiger charge is -2.59. The molecule has 0 spiro atoms. The van der Waals surface area contributed by atoms with Crippen molar-refractivity contribution in [3.63, 3.8) is 0 Å². The molecule has 96 valence electrons. The molecule has 0 aromatic rings. The summed E-state index contributed by atoms with van der Waals surface area (Å²) < 4.78 is 5.58. The van der Waals surface area contributed by atoms with Crippen LogP contribution in [0.5, 0.6) is 0 Å². The minimum Gasteiger partial charge on any atom is -0.392 e. The van der Waals surface area contributed by atoms with Gasteiger partial charge in [-0.25, -0.2) is 0 Å². The number of ketones is 1. The van der Waals surface area contributed by atoms with Gasteiger partial charge in [0.2, 0.25) is 5.91 Å². The van der Waals surface area contributed by atoms with E-state index in [1.54, 1.807) is 6.92 Å². The predicted octanol–water partition coefficient (Wildman–Crippen LogP) is 0.310. The molecule has 2 aliphatic rings. The minimum absolute atomic E-state index is 0.0410. The number of ether oxygens (including phenoxy) is 1. The standard InChI is InChI=1S/C12H19NO4/c1-4-12(5-2)13-10(8(15)6-17-12)9(7(3)14)11(13)16/h7,9-10,14H,4-6H2,1-3H3/t7-,9-,10-/m1/s1. The van der Waals surface area contributed by atoms with Crippen LogP contribution in [0.15, 0.2) is 0 Å². The van der Waals surface area contributed by atoms with Crippen molar-refractivity contribution in [1.29, 1.82) is 0 Å². The molecule has 1 amide bonds. The van der Waals surface area contributed by atoms with E-state index in [9.17, 15) is 14.7 Å². The van der Waals surface area contributed by atoms with Crippen LogP contribution in [0.2, 0.25) is 0 Å². The summed E-state index contributed by atoms with van der Waals surface area (Å²) in [6, 6.07) is -0.490. The van der Waals surface area contributed by atoms with E-state index in [0.717, 1.165) is 0 Å². The van der Waals surface area contributed by atoms with Gasteiger partial charge in [0.05, 0.1) is 12.0 Å². The maximum absolute atomic E-state index is 12.1. The summed E-state index contributed by atoms with van der Waals surface area (Å²) >= 11 is 0. The van der Waals surface area contributed by atoms with Gasteiger partial charge in [-0.2, -0.15) is 0 Å². The fourth-order valence-corrected chi connectivity index (χ4v) is 2.94. The van der Waals surface area contributed by atoms with Crippen LogP contribution < -0.4 is 0 Å². The summed E-state index contributed by atoms with van der Waals surface area (Å²) in [7, 11) is 0. The molecule has 2 saturated heterocycles. The van der Waals surface area contributed by atoms with Crippen LogP contribution in [0.1, 0.15) is 33.6 Å². The van der Waals surface area contributed by atoms with Crippen LogP contribution in [0, 0.1) is 5.92 Å². The third-order valence-electron chi connectivity index (χ3n) is 4.02. The lowest BCUT2D eigenvalue weighted by Crippen LogP contribution is -2.77. The minimum atomic E-state index is -0.780. The second-order valence-electron chi connectivity index (χ2n) is 4.83. The zero-order chi connectivity index (χ0) is 12.8. The molecule has 0 aromatic heterocycles. The number of aliphatic hydroxyl groups excluding tert-OH is 1. The molecule has 1 N–H and O–H groups in total. The highest BCUT2D eigenvalue weighted by atomic mass is 16.5. The number of aliphatic hydroxyl groups is 1. The fraction of sp³-hybridized carbons (Fsp3) is 0.833. The highest BCUT2D eigenvalue weighted by Gasteiger charge is 2.62. The first kappa shape index (κ1) is 12.5. The molecule has 0 aromatic carbocycles. The molecule has 2 aliphatic heterocycles. The van der Waals surface area contributed by atoms with Gasteiger partial charge in [-0.3, -0.25) is 9.59 Å². The molecular formula is C12H19NO4. The molecular weight excluding hydrogens is 222 g/mol. The number of carbonyl (C=O) groups excluding carboxylic acids is 2. The number of β-lactam (4-membered cyclic amide) rings is 1. The number of fused-ring (bicyclic) bond motifs is 1. The Hall–Kier alpha value is -0.940. The van der Waals surface area contributed by atoms with Crippen LogP contribution in [-0.4, -0.2) is 46.2 Å². The molecule has 2 rings (SSSR count). The molecule has 0 bridgehead atoms. The number of nitrogens with zero attached hydrogens (tertiary/aromatic N) is 1. The van der Waals surface area contributed by atoms with Crippen molar-refractivity contribution >= 4 is 11.7 Å². The first-order valence-corrected chi connectivity index (χ1v) is 6.16. The molecule has 0 saturated carbocycles. The first-order valence-electron chi connectivity index (χ1n) is 6.16. The van der Waals surface area contributed by atoms with Gasteiger partial charge in [0, 0.05) is 0 Å². The highest BCUT2D eigenvalue weighted by molar-refractivity contribution is 6.02. The van der Waals surface area contributed by atoms with Crippen LogP contribution >= 0.6 is 0 Å². The topological polar surface area (TPSA) is 66.8 Å². The monoisotopic (exact) mass is 241 g/mol. The van der Waals surface area contributed by atoms with Crippen molar-refractivity contribution in [3.05, 3.63) is 0 Å². The van der Waals surface area contributed by atoms with E-state index < -0.39 is 23.8 Å². The molecule has 0 unspecified atom stereocenters. The normalized spacial score (nSPS) is 33.1. The summed E-state index contributed by atoms with van der Waals surface area (Å²) in [4.78, 5) is 25.4. The molecule has 2 heterocycles. The van der Waals surface area contributed by atoms with Gasteiger partial charge in [-0.1, -0.05) is 13.8 Å². The predicted molar refractivity (Wildman–Crippen MR) is 60.1 cm³/mol. The summed E-state index contributed by atoms with van der Waals surface area (Å²) in [5.41, 5.74) is -0.652. The van der Waals surface area contributed by atoms with Gasteiger partial charge in [0.25, 0.3) is 0 Å². The van der Waals surface area contributed by atoms with Gasteiger partial charge in [0.1, 0.15) is 18.4 Å². The van der Waals surface area contributed by atoms with Crippen molar-refractivity contribution in [2.75, 3.05) is 6.61 Å². The molecule has 0 radical (unpaired) electrons. The Morgan fingerprint density at radius 1 is 1.47 bits per heavy atom. The maximum Gasteiger partial charge on any atom is 0.233 e. The summed E-state index contributed by atoms with van der Waals surface area (Å²) in [5.74, 6) is -0.848. The Morgan fingerprint density at radius 2 is 2.06 bits per heavy atom. The van der Waals surface area contributed by atoms with Gasteiger partial charge in [0.15, 0.2) is 5.78 Å². The number of carbonyl (C=O) groups is 2. The van der Waals surface area contributed by atoms with E-state index in [1.807, 2.05) is 13.8 Å². The summed E-state index contributed by atoms with van der Waals surface area (Å²) in [6.45, 7) is 5.49. The third kappa shape index (κ3) is 1.52. The molecule has 0 aliphatic carbocycles. The Bertz CT molecular complexity index is 348. The highest BCUT2D eigenvalue weighted by Crippen LogP contribution is 2.43. The number of amides is 1. The largest absolute Gasteiger partial charge is 0.392 e. The van der Waals surface area contributed by atoms with Crippen molar-refractivity contribution < 1.29 is 19.4 Å². The van der Waals surface area contributed by atoms with E-state index in [0.29, 0.717) is 12.8 Å². The van der Waals surface area contributed by atoms with Crippen LogP contribution in [0.4, 0.5) is 0 Å². The molecule has 5 heteroatoms. The van der Waals surface area contributed by atoms with Gasteiger partial charge >= 0.3 is 0 Å². The number of hydrogen-bond donors (Lipinski definition) is 1. The van der Waals surface area contributed by atoms with E-state index >= 15 is 0 Å². The SMILES string of the molecule is CCC1(CC)OCC(=O)[C@@H]2[C@@H]([C@@H](C)O)C(=O)N21. The molecule has 17 heavy (non-hydrogen) atoms. The van der Waals surface area contributed by atoms with Gasteiger partial charge < -0.3 is 14.7 Å². The number of hydrogen-bond acceptors (Lipinski definition) is 4. The zero-order valence-electron chi connectivity index (χ0n) is 10.5. The Balaban J connectivity index is 2.31. The Labute approximate surface area is 101 Å².